The lowest BCUT2D eigenvalue weighted by atomic mass is 10.0. The van der Waals surface area contributed by atoms with E-state index in [2.05, 4.69) is 5.32 Å². The van der Waals surface area contributed by atoms with Gasteiger partial charge in [-0.05, 0) is 49.2 Å². The normalized spacial score (nSPS) is 11.7. The molecule has 0 heterocycles. The van der Waals surface area contributed by atoms with E-state index in [-0.39, 0.29) is 31.0 Å². The van der Waals surface area contributed by atoms with Crippen molar-refractivity contribution in [2.75, 3.05) is 6.61 Å². The Kier molecular flexibility index (Phi) is 9.84. The van der Waals surface area contributed by atoms with Crippen molar-refractivity contribution in [3.05, 3.63) is 99.0 Å². The number of carbonyl (C=O) groups is 2. The standard InChI is InChI=1S/C27H27Cl3N2O3/c1-18(2)31-27(34)24(15-19-8-4-3-5-9-19)32(16-20-12-13-21(28)23(30)14-20)26(33)17-35-25-11-7-6-10-22(25)29/h3-14,18,24H,15-17H2,1-2H3,(H,31,34). The molecule has 0 radical (unpaired) electrons. The first-order valence-electron chi connectivity index (χ1n) is 11.2. The average Bonchev–Trinajstić information content (AvgIpc) is 2.83. The minimum atomic E-state index is -0.781. The van der Waals surface area contributed by atoms with Gasteiger partial charge in [-0.3, -0.25) is 9.59 Å². The van der Waals surface area contributed by atoms with E-state index in [1.807, 2.05) is 44.2 Å². The Bertz CT molecular complexity index is 1160. The molecule has 0 aliphatic heterocycles. The third-order valence-electron chi connectivity index (χ3n) is 5.23. The fourth-order valence-electron chi connectivity index (χ4n) is 3.55. The highest BCUT2D eigenvalue weighted by Gasteiger charge is 2.31. The molecule has 35 heavy (non-hydrogen) atoms. The Balaban J connectivity index is 1.93. The van der Waals surface area contributed by atoms with Gasteiger partial charge in [0.25, 0.3) is 5.91 Å². The molecule has 3 rings (SSSR count). The van der Waals surface area contributed by atoms with Crippen molar-refractivity contribution in [2.45, 2.75) is 38.9 Å². The first-order valence-corrected chi connectivity index (χ1v) is 12.3. The van der Waals surface area contributed by atoms with Crippen LogP contribution in [0.1, 0.15) is 25.0 Å². The molecular weight excluding hydrogens is 507 g/mol. The number of nitrogens with zero attached hydrogens (tertiary/aromatic N) is 1. The van der Waals surface area contributed by atoms with Gasteiger partial charge in [-0.25, -0.2) is 0 Å². The van der Waals surface area contributed by atoms with E-state index >= 15 is 0 Å². The second-order valence-electron chi connectivity index (χ2n) is 8.36. The number of nitrogens with one attached hydrogen (secondary N) is 1. The third-order valence-corrected chi connectivity index (χ3v) is 6.28. The van der Waals surface area contributed by atoms with Gasteiger partial charge in [-0.15, -0.1) is 0 Å². The highest BCUT2D eigenvalue weighted by molar-refractivity contribution is 6.42. The highest BCUT2D eigenvalue weighted by atomic mass is 35.5. The number of hydrogen-bond acceptors (Lipinski definition) is 3. The molecule has 1 N–H and O–H groups in total. The van der Waals surface area contributed by atoms with Crippen LogP contribution >= 0.6 is 34.8 Å². The fourth-order valence-corrected chi connectivity index (χ4v) is 4.06. The Morgan fingerprint density at radius 1 is 0.857 bits per heavy atom. The van der Waals surface area contributed by atoms with Crippen LogP contribution in [0, 0.1) is 0 Å². The Morgan fingerprint density at radius 2 is 1.54 bits per heavy atom. The lowest BCUT2D eigenvalue weighted by Gasteiger charge is -2.32. The summed E-state index contributed by atoms with van der Waals surface area (Å²) >= 11 is 18.5. The van der Waals surface area contributed by atoms with Crippen LogP contribution in [0.25, 0.3) is 0 Å². The molecule has 2 amide bonds. The SMILES string of the molecule is CC(C)NC(=O)C(Cc1ccccc1)N(Cc1ccc(Cl)c(Cl)c1)C(=O)COc1ccccc1Cl. The predicted molar refractivity (Wildman–Crippen MR) is 141 cm³/mol. The number of hydrogen-bond donors (Lipinski definition) is 1. The van der Waals surface area contributed by atoms with Crippen molar-refractivity contribution in [3.8, 4) is 5.75 Å². The van der Waals surface area contributed by atoms with Crippen LogP contribution in [0.4, 0.5) is 0 Å². The first kappa shape index (κ1) is 26.9. The van der Waals surface area contributed by atoms with Crippen molar-refractivity contribution < 1.29 is 14.3 Å². The van der Waals surface area contributed by atoms with Gasteiger partial charge >= 0.3 is 0 Å². The van der Waals surface area contributed by atoms with E-state index in [0.29, 0.717) is 27.2 Å². The van der Waals surface area contributed by atoms with Gasteiger partial charge in [-0.1, -0.05) is 83.3 Å². The molecule has 0 bridgehead atoms. The van der Waals surface area contributed by atoms with Gasteiger partial charge in [-0.2, -0.15) is 0 Å². The molecule has 8 heteroatoms. The van der Waals surface area contributed by atoms with Gasteiger partial charge in [0.2, 0.25) is 5.91 Å². The van der Waals surface area contributed by atoms with E-state index in [0.717, 1.165) is 11.1 Å². The summed E-state index contributed by atoms with van der Waals surface area (Å²) in [5.74, 6) is -0.228. The summed E-state index contributed by atoms with van der Waals surface area (Å²) in [7, 11) is 0. The summed E-state index contributed by atoms with van der Waals surface area (Å²) in [6.07, 6.45) is 0.332. The molecule has 3 aromatic rings. The number of halogens is 3. The zero-order valence-electron chi connectivity index (χ0n) is 19.5. The molecule has 0 aliphatic carbocycles. The van der Waals surface area contributed by atoms with Gasteiger partial charge in [0.1, 0.15) is 11.8 Å². The minimum absolute atomic E-state index is 0.0953. The van der Waals surface area contributed by atoms with Gasteiger partial charge in [0, 0.05) is 19.0 Å². The Labute approximate surface area is 220 Å². The predicted octanol–water partition coefficient (Wildman–Crippen LogP) is 6.19. The molecule has 0 saturated heterocycles. The molecule has 1 unspecified atom stereocenters. The Morgan fingerprint density at radius 3 is 2.20 bits per heavy atom. The van der Waals surface area contributed by atoms with Crippen LogP contribution in [0.15, 0.2) is 72.8 Å². The van der Waals surface area contributed by atoms with Crippen molar-refractivity contribution in [1.29, 1.82) is 0 Å². The highest BCUT2D eigenvalue weighted by Crippen LogP contribution is 2.25. The summed E-state index contributed by atoms with van der Waals surface area (Å²) in [4.78, 5) is 28.4. The van der Waals surface area contributed by atoms with Crippen molar-refractivity contribution in [1.82, 2.24) is 10.2 Å². The van der Waals surface area contributed by atoms with E-state index in [1.165, 1.54) is 4.90 Å². The maximum Gasteiger partial charge on any atom is 0.261 e. The summed E-state index contributed by atoms with van der Waals surface area (Å²) < 4.78 is 5.72. The molecule has 3 aromatic carbocycles. The molecule has 1 atom stereocenters. The smallest absolute Gasteiger partial charge is 0.261 e. The molecule has 0 aromatic heterocycles. The molecule has 0 spiro atoms. The molecule has 0 fully saturated rings. The zero-order valence-corrected chi connectivity index (χ0v) is 21.8. The van der Waals surface area contributed by atoms with Gasteiger partial charge in [0.05, 0.1) is 15.1 Å². The van der Waals surface area contributed by atoms with Crippen LogP contribution in [0.3, 0.4) is 0 Å². The summed E-state index contributed by atoms with van der Waals surface area (Å²) in [5.41, 5.74) is 1.66. The van der Waals surface area contributed by atoms with Crippen molar-refractivity contribution in [2.24, 2.45) is 0 Å². The maximum absolute atomic E-state index is 13.5. The van der Waals surface area contributed by atoms with Crippen LogP contribution in [0.2, 0.25) is 15.1 Å². The second-order valence-corrected chi connectivity index (χ2v) is 9.58. The summed E-state index contributed by atoms with van der Waals surface area (Å²) in [6.45, 7) is 3.61. The van der Waals surface area contributed by atoms with Crippen molar-refractivity contribution >= 4 is 46.6 Å². The third kappa shape index (κ3) is 7.89. The largest absolute Gasteiger partial charge is 0.482 e. The molecular formula is C27H27Cl3N2O3. The number of rotatable bonds is 10. The average molecular weight is 534 g/mol. The number of ether oxygens (including phenoxy) is 1. The molecule has 5 nitrogen and oxygen atoms in total. The lowest BCUT2D eigenvalue weighted by molar-refractivity contribution is -0.143. The van der Waals surface area contributed by atoms with Crippen LogP contribution < -0.4 is 10.1 Å². The number of para-hydroxylation sites is 1. The first-order chi connectivity index (χ1) is 16.7. The topological polar surface area (TPSA) is 58.6 Å². The van der Waals surface area contributed by atoms with Crippen molar-refractivity contribution in [3.63, 3.8) is 0 Å². The summed E-state index contributed by atoms with van der Waals surface area (Å²) in [6, 6.07) is 20.8. The summed E-state index contributed by atoms with van der Waals surface area (Å²) in [5, 5.41) is 4.12. The fraction of sp³-hybridized carbons (Fsp3) is 0.259. The number of benzene rings is 3. The van der Waals surface area contributed by atoms with Crippen LogP contribution in [0.5, 0.6) is 5.75 Å². The second kappa shape index (κ2) is 12.8. The van der Waals surface area contributed by atoms with Crippen LogP contribution in [-0.4, -0.2) is 35.4 Å². The zero-order chi connectivity index (χ0) is 25.4. The number of carbonyl (C=O) groups excluding carboxylic acids is 2. The molecule has 184 valence electrons. The van der Waals surface area contributed by atoms with E-state index in [4.69, 9.17) is 39.5 Å². The lowest BCUT2D eigenvalue weighted by Crippen LogP contribution is -2.52. The van der Waals surface area contributed by atoms with Gasteiger partial charge in [0.15, 0.2) is 6.61 Å². The number of amides is 2. The van der Waals surface area contributed by atoms with E-state index in [1.54, 1.807) is 42.5 Å². The van der Waals surface area contributed by atoms with E-state index < -0.39 is 6.04 Å². The van der Waals surface area contributed by atoms with E-state index in [9.17, 15) is 9.59 Å². The molecule has 0 saturated carbocycles. The van der Waals surface area contributed by atoms with Gasteiger partial charge < -0.3 is 15.0 Å². The Hall–Kier alpha value is -2.73. The quantitative estimate of drug-likeness (QED) is 0.338. The molecule has 0 aliphatic rings. The monoisotopic (exact) mass is 532 g/mol. The maximum atomic E-state index is 13.5. The van der Waals surface area contributed by atoms with Crippen LogP contribution in [-0.2, 0) is 22.6 Å². The minimum Gasteiger partial charge on any atom is -0.482 e.